The van der Waals surface area contributed by atoms with E-state index < -0.39 is 0 Å². The highest BCUT2D eigenvalue weighted by Gasteiger charge is 2.20. The highest BCUT2D eigenvalue weighted by atomic mass is 15.1. The first-order chi connectivity index (χ1) is 10.3. The summed E-state index contributed by atoms with van der Waals surface area (Å²) in [5.74, 6) is 0. The molecule has 0 bridgehead atoms. The van der Waals surface area contributed by atoms with Crippen molar-refractivity contribution in [2.45, 2.75) is 13.5 Å². The SMILES string of the molecule is CCN1Cc2ccccc2/C(N)=C(/NC)c2ccccc21. The van der Waals surface area contributed by atoms with Crippen LogP contribution in [0, 0.1) is 0 Å². The number of nitrogens with two attached hydrogens (primary N) is 1. The number of anilines is 1. The molecule has 0 amide bonds. The predicted molar refractivity (Wildman–Crippen MR) is 89.7 cm³/mol. The zero-order chi connectivity index (χ0) is 14.8. The Hall–Kier alpha value is -2.42. The molecule has 0 aliphatic carbocycles. The fourth-order valence-corrected chi connectivity index (χ4v) is 3.00. The molecule has 1 heterocycles. The van der Waals surface area contributed by atoms with E-state index in [1.807, 2.05) is 13.1 Å². The van der Waals surface area contributed by atoms with E-state index in [1.54, 1.807) is 0 Å². The monoisotopic (exact) mass is 279 g/mol. The van der Waals surface area contributed by atoms with E-state index in [2.05, 4.69) is 59.6 Å². The first kappa shape index (κ1) is 13.6. The van der Waals surface area contributed by atoms with Crippen LogP contribution in [0.25, 0.3) is 11.4 Å². The van der Waals surface area contributed by atoms with Crippen LogP contribution >= 0.6 is 0 Å². The van der Waals surface area contributed by atoms with Gasteiger partial charge in [0.1, 0.15) is 0 Å². The van der Waals surface area contributed by atoms with Crippen molar-refractivity contribution in [3.63, 3.8) is 0 Å². The molecule has 0 spiro atoms. The number of nitrogens with zero attached hydrogens (tertiary/aromatic N) is 1. The van der Waals surface area contributed by atoms with Gasteiger partial charge in [0.25, 0.3) is 0 Å². The zero-order valence-electron chi connectivity index (χ0n) is 12.6. The van der Waals surface area contributed by atoms with Crippen LogP contribution in [-0.4, -0.2) is 13.6 Å². The number of nitrogens with one attached hydrogen (secondary N) is 1. The van der Waals surface area contributed by atoms with Crippen molar-refractivity contribution in [3.05, 3.63) is 65.2 Å². The molecule has 108 valence electrons. The summed E-state index contributed by atoms with van der Waals surface area (Å²) in [6.45, 7) is 4.02. The van der Waals surface area contributed by atoms with Crippen molar-refractivity contribution < 1.29 is 0 Å². The van der Waals surface area contributed by atoms with Crippen molar-refractivity contribution in [1.29, 1.82) is 0 Å². The molecule has 1 aliphatic heterocycles. The summed E-state index contributed by atoms with van der Waals surface area (Å²) in [5, 5.41) is 3.29. The lowest BCUT2D eigenvalue weighted by molar-refractivity contribution is 0.825. The Bertz CT molecular complexity index is 688. The molecule has 0 aromatic heterocycles. The van der Waals surface area contributed by atoms with Crippen molar-refractivity contribution in [3.8, 4) is 0 Å². The van der Waals surface area contributed by atoms with Gasteiger partial charge in [-0.05, 0) is 18.6 Å². The van der Waals surface area contributed by atoms with E-state index in [0.29, 0.717) is 0 Å². The standard InChI is InChI=1S/C18H21N3/c1-3-21-12-13-8-4-5-9-14(13)17(19)18(20-2)15-10-6-7-11-16(15)21/h4-11,20H,3,12,19H2,1-2H3/b18-17-. The molecule has 2 aromatic rings. The number of fused-ring (bicyclic) bond motifs is 2. The Balaban J connectivity index is 2.32. The van der Waals surface area contributed by atoms with Crippen LogP contribution in [-0.2, 0) is 6.54 Å². The van der Waals surface area contributed by atoms with Crippen molar-refractivity contribution >= 4 is 17.1 Å². The topological polar surface area (TPSA) is 41.3 Å². The Kier molecular flexibility index (Phi) is 3.57. The second-order valence-electron chi connectivity index (χ2n) is 5.23. The van der Waals surface area contributed by atoms with Crippen LogP contribution in [0.1, 0.15) is 23.6 Å². The number of hydrogen-bond donors (Lipinski definition) is 2. The van der Waals surface area contributed by atoms with Gasteiger partial charge in [-0.15, -0.1) is 0 Å². The number of hydrogen-bond acceptors (Lipinski definition) is 3. The van der Waals surface area contributed by atoms with E-state index in [9.17, 15) is 0 Å². The van der Waals surface area contributed by atoms with Crippen LogP contribution in [0.3, 0.4) is 0 Å². The molecule has 3 N–H and O–H groups in total. The zero-order valence-corrected chi connectivity index (χ0v) is 12.6. The third kappa shape index (κ3) is 2.25. The first-order valence-corrected chi connectivity index (χ1v) is 7.36. The molecule has 0 saturated carbocycles. The fraction of sp³-hybridized carbons (Fsp3) is 0.222. The van der Waals surface area contributed by atoms with Gasteiger partial charge in [0.15, 0.2) is 0 Å². The van der Waals surface area contributed by atoms with Crippen LogP contribution in [0.4, 0.5) is 5.69 Å². The Morgan fingerprint density at radius 3 is 2.43 bits per heavy atom. The Morgan fingerprint density at radius 1 is 1.05 bits per heavy atom. The molecule has 3 heteroatoms. The van der Waals surface area contributed by atoms with Crippen molar-refractivity contribution in [2.24, 2.45) is 5.73 Å². The van der Waals surface area contributed by atoms with E-state index in [4.69, 9.17) is 5.73 Å². The van der Waals surface area contributed by atoms with Gasteiger partial charge in [-0.1, -0.05) is 42.5 Å². The summed E-state index contributed by atoms with van der Waals surface area (Å²) in [6, 6.07) is 16.8. The summed E-state index contributed by atoms with van der Waals surface area (Å²) >= 11 is 0. The number of para-hydroxylation sites is 1. The highest BCUT2D eigenvalue weighted by Crippen LogP contribution is 2.34. The summed E-state index contributed by atoms with van der Waals surface area (Å²) in [5.41, 5.74) is 13.1. The number of rotatable bonds is 2. The van der Waals surface area contributed by atoms with Gasteiger partial charge in [0.05, 0.1) is 11.4 Å². The van der Waals surface area contributed by atoms with E-state index >= 15 is 0 Å². The molecule has 0 saturated heterocycles. The van der Waals surface area contributed by atoms with Crippen molar-refractivity contribution in [2.75, 3.05) is 18.5 Å². The molecule has 1 aliphatic rings. The quantitative estimate of drug-likeness (QED) is 0.888. The molecule has 3 rings (SSSR count). The van der Waals surface area contributed by atoms with Gasteiger partial charge in [-0.25, -0.2) is 0 Å². The minimum absolute atomic E-state index is 0.816. The average Bonchev–Trinajstić information content (AvgIpc) is 2.53. The minimum atomic E-state index is 0.816. The third-order valence-corrected chi connectivity index (χ3v) is 4.08. The van der Waals surface area contributed by atoms with Crippen LogP contribution in [0.2, 0.25) is 0 Å². The van der Waals surface area contributed by atoms with Gasteiger partial charge in [-0.2, -0.15) is 0 Å². The third-order valence-electron chi connectivity index (χ3n) is 4.08. The molecule has 0 fully saturated rings. The van der Waals surface area contributed by atoms with Crippen LogP contribution in [0.5, 0.6) is 0 Å². The normalized spacial score (nSPS) is 17.5. The lowest BCUT2D eigenvalue weighted by Crippen LogP contribution is -2.27. The van der Waals surface area contributed by atoms with E-state index in [-0.39, 0.29) is 0 Å². The van der Waals surface area contributed by atoms with Crippen LogP contribution < -0.4 is 16.0 Å². The number of benzene rings is 2. The largest absolute Gasteiger partial charge is 0.397 e. The lowest BCUT2D eigenvalue weighted by atomic mass is 9.96. The molecule has 0 unspecified atom stereocenters. The summed E-state index contributed by atoms with van der Waals surface area (Å²) in [7, 11) is 1.93. The van der Waals surface area contributed by atoms with Gasteiger partial charge < -0.3 is 16.0 Å². The first-order valence-electron chi connectivity index (χ1n) is 7.36. The Morgan fingerprint density at radius 2 is 1.71 bits per heavy atom. The maximum atomic E-state index is 6.47. The summed E-state index contributed by atoms with van der Waals surface area (Å²) in [6.07, 6.45) is 0. The highest BCUT2D eigenvalue weighted by molar-refractivity contribution is 5.93. The fourth-order valence-electron chi connectivity index (χ4n) is 3.00. The second-order valence-corrected chi connectivity index (χ2v) is 5.23. The second kappa shape index (κ2) is 5.52. The molecule has 0 radical (unpaired) electrons. The maximum Gasteiger partial charge on any atom is 0.0672 e. The van der Waals surface area contributed by atoms with E-state index in [0.717, 1.165) is 35.6 Å². The van der Waals surface area contributed by atoms with Gasteiger partial charge in [-0.3, -0.25) is 0 Å². The molecule has 21 heavy (non-hydrogen) atoms. The smallest absolute Gasteiger partial charge is 0.0672 e. The average molecular weight is 279 g/mol. The predicted octanol–water partition coefficient (Wildman–Crippen LogP) is 3.03. The van der Waals surface area contributed by atoms with Crippen molar-refractivity contribution in [1.82, 2.24) is 5.32 Å². The minimum Gasteiger partial charge on any atom is -0.397 e. The summed E-state index contributed by atoms with van der Waals surface area (Å²) < 4.78 is 0. The molecular weight excluding hydrogens is 258 g/mol. The Labute approximate surface area is 126 Å². The van der Waals surface area contributed by atoms with E-state index in [1.165, 1.54) is 11.3 Å². The van der Waals surface area contributed by atoms with Gasteiger partial charge in [0, 0.05) is 37.0 Å². The molecule has 3 nitrogen and oxygen atoms in total. The van der Waals surface area contributed by atoms with Crippen LogP contribution in [0.15, 0.2) is 48.5 Å². The molecular formula is C18H21N3. The molecule has 0 atom stereocenters. The lowest BCUT2D eigenvalue weighted by Gasteiger charge is -2.30. The molecule has 2 aromatic carbocycles. The van der Waals surface area contributed by atoms with Gasteiger partial charge >= 0.3 is 0 Å². The maximum absolute atomic E-state index is 6.47. The van der Waals surface area contributed by atoms with Gasteiger partial charge in [0.2, 0.25) is 0 Å². The summed E-state index contributed by atoms with van der Waals surface area (Å²) in [4.78, 5) is 2.39.